The van der Waals surface area contributed by atoms with Crippen LogP contribution in [0.2, 0.25) is 8.67 Å². The lowest BCUT2D eigenvalue weighted by Crippen LogP contribution is -2.13. The molecule has 0 amide bonds. The summed E-state index contributed by atoms with van der Waals surface area (Å²) in [5.74, 6) is 0.457. The highest BCUT2D eigenvalue weighted by Gasteiger charge is 2.22. The zero-order chi connectivity index (χ0) is 12.6. The Balaban J connectivity index is 2.34. The lowest BCUT2D eigenvalue weighted by atomic mass is 10.7. The van der Waals surface area contributed by atoms with Crippen LogP contribution >= 0.6 is 34.5 Å². The van der Waals surface area contributed by atoms with Gasteiger partial charge in [0.25, 0.3) is 16.0 Å². The Kier molecular flexibility index (Phi) is 3.30. The number of thiophene rings is 1. The van der Waals surface area contributed by atoms with Gasteiger partial charge in [0.2, 0.25) is 0 Å². The molecule has 2 heterocycles. The number of nitrogens with one attached hydrogen (secondary N) is 2. The number of H-pyrrole nitrogens is 1. The molecule has 0 radical (unpaired) electrons. The first-order chi connectivity index (χ1) is 7.88. The average molecular weight is 313 g/mol. The summed E-state index contributed by atoms with van der Waals surface area (Å²) in [6.07, 6.45) is 0. The Morgan fingerprint density at radius 2 is 2.18 bits per heavy atom. The van der Waals surface area contributed by atoms with Gasteiger partial charge >= 0.3 is 0 Å². The molecule has 0 saturated carbocycles. The van der Waals surface area contributed by atoms with Crippen molar-refractivity contribution in [1.82, 2.24) is 15.2 Å². The Labute approximate surface area is 111 Å². The van der Waals surface area contributed by atoms with Crippen molar-refractivity contribution in [2.24, 2.45) is 0 Å². The maximum absolute atomic E-state index is 11.9. The van der Waals surface area contributed by atoms with Crippen LogP contribution in [0, 0.1) is 6.92 Å². The molecule has 0 atom stereocenters. The summed E-state index contributed by atoms with van der Waals surface area (Å²) in [7, 11) is -3.81. The summed E-state index contributed by atoms with van der Waals surface area (Å²) < 4.78 is 26.4. The van der Waals surface area contributed by atoms with Crippen molar-refractivity contribution in [3.05, 3.63) is 20.6 Å². The summed E-state index contributed by atoms with van der Waals surface area (Å²) >= 11 is 12.4. The molecule has 0 fully saturated rings. The second-order valence-electron chi connectivity index (χ2n) is 3.04. The van der Waals surface area contributed by atoms with Crippen LogP contribution in [-0.2, 0) is 10.0 Å². The van der Waals surface area contributed by atoms with E-state index in [0.29, 0.717) is 10.2 Å². The Hall–Kier alpha value is -0.830. The molecule has 2 rings (SSSR count). The van der Waals surface area contributed by atoms with Gasteiger partial charge in [-0.3, -0.25) is 5.10 Å². The maximum Gasteiger partial charge on any atom is 0.266 e. The summed E-state index contributed by atoms with van der Waals surface area (Å²) in [6.45, 7) is 1.65. The van der Waals surface area contributed by atoms with Gasteiger partial charge in [-0.1, -0.05) is 23.2 Å². The predicted molar refractivity (Wildman–Crippen MR) is 66.3 cm³/mol. The molecule has 10 heteroatoms. The molecule has 2 aromatic rings. The van der Waals surface area contributed by atoms with Crippen LogP contribution in [0.15, 0.2) is 11.0 Å². The highest BCUT2D eigenvalue weighted by atomic mass is 35.5. The molecule has 0 spiro atoms. The van der Waals surface area contributed by atoms with Crippen molar-refractivity contribution in [2.75, 3.05) is 4.72 Å². The van der Waals surface area contributed by atoms with E-state index in [0.717, 1.165) is 11.3 Å². The van der Waals surface area contributed by atoms with E-state index in [1.165, 1.54) is 6.07 Å². The smallest absolute Gasteiger partial charge is 0.261 e. The van der Waals surface area contributed by atoms with Gasteiger partial charge in [0.05, 0.1) is 4.34 Å². The fourth-order valence-electron chi connectivity index (χ4n) is 1.07. The molecule has 0 aliphatic heterocycles. The number of aryl methyl sites for hydroxylation is 1. The maximum atomic E-state index is 11.9. The molecule has 0 saturated heterocycles. The summed E-state index contributed by atoms with van der Waals surface area (Å²) in [5.41, 5.74) is 0. The number of sulfonamides is 1. The average Bonchev–Trinajstić information content (AvgIpc) is 2.72. The third-order valence-corrected chi connectivity index (χ3v) is 4.82. The first kappa shape index (κ1) is 12.6. The lowest BCUT2D eigenvalue weighted by molar-refractivity contribution is 0.601. The van der Waals surface area contributed by atoms with Gasteiger partial charge in [0, 0.05) is 0 Å². The first-order valence-corrected chi connectivity index (χ1v) is 7.31. The number of aromatic amines is 1. The molecule has 0 aliphatic rings. The molecule has 0 aromatic carbocycles. The second-order valence-corrected chi connectivity index (χ2v) is 6.97. The van der Waals surface area contributed by atoms with Crippen LogP contribution < -0.4 is 4.72 Å². The Morgan fingerprint density at radius 3 is 2.65 bits per heavy atom. The zero-order valence-corrected chi connectivity index (χ0v) is 11.5. The van der Waals surface area contributed by atoms with Gasteiger partial charge in [-0.05, 0) is 13.0 Å². The van der Waals surface area contributed by atoms with Gasteiger partial charge in [-0.2, -0.15) is 4.98 Å². The second kappa shape index (κ2) is 4.45. The van der Waals surface area contributed by atoms with Crippen LogP contribution in [-0.4, -0.2) is 23.6 Å². The van der Waals surface area contributed by atoms with Crippen molar-refractivity contribution in [1.29, 1.82) is 0 Å². The zero-order valence-electron chi connectivity index (χ0n) is 8.36. The number of hydrogen-bond donors (Lipinski definition) is 2. The van der Waals surface area contributed by atoms with Crippen molar-refractivity contribution in [3.8, 4) is 0 Å². The number of hydrogen-bond acceptors (Lipinski definition) is 5. The normalized spacial score (nSPS) is 11.7. The first-order valence-electron chi connectivity index (χ1n) is 4.25. The van der Waals surface area contributed by atoms with Gasteiger partial charge in [-0.15, -0.1) is 16.4 Å². The van der Waals surface area contributed by atoms with Gasteiger partial charge in [0.1, 0.15) is 15.1 Å². The fraction of sp³-hybridized carbons (Fsp3) is 0.143. The van der Waals surface area contributed by atoms with E-state index in [1.54, 1.807) is 6.92 Å². The third-order valence-electron chi connectivity index (χ3n) is 1.74. The molecule has 2 aromatic heterocycles. The molecule has 0 bridgehead atoms. The van der Waals surface area contributed by atoms with E-state index in [9.17, 15) is 8.42 Å². The van der Waals surface area contributed by atoms with Crippen LogP contribution in [0.1, 0.15) is 5.82 Å². The number of halogens is 2. The van der Waals surface area contributed by atoms with Gasteiger partial charge in [0.15, 0.2) is 0 Å². The van der Waals surface area contributed by atoms with Crippen LogP contribution in [0.5, 0.6) is 0 Å². The summed E-state index contributed by atoms with van der Waals surface area (Å²) in [5, 5.41) is 6.18. The van der Waals surface area contributed by atoms with Crippen molar-refractivity contribution in [3.63, 3.8) is 0 Å². The van der Waals surface area contributed by atoms with Crippen LogP contribution in [0.3, 0.4) is 0 Å². The Bertz CT molecular complexity index is 649. The minimum Gasteiger partial charge on any atom is -0.261 e. The van der Waals surface area contributed by atoms with Gasteiger partial charge in [-0.25, -0.2) is 13.1 Å². The Morgan fingerprint density at radius 1 is 1.47 bits per heavy atom. The van der Waals surface area contributed by atoms with Crippen molar-refractivity contribution in [2.45, 2.75) is 11.8 Å². The topological polar surface area (TPSA) is 87.7 Å². The largest absolute Gasteiger partial charge is 0.266 e. The van der Waals surface area contributed by atoms with E-state index in [4.69, 9.17) is 23.2 Å². The minimum atomic E-state index is -3.81. The summed E-state index contributed by atoms with van der Waals surface area (Å²) in [6, 6.07) is 1.27. The molecular weight excluding hydrogens is 307 g/mol. The SMILES string of the molecule is Cc1nc(NS(=O)(=O)c2cc(Cl)sc2Cl)n[nH]1. The van der Waals surface area contributed by atoms with E-state index in [2.05, 4.69) is 19.9 Å². The molecule has 6 nitrogen and oxygen atoms in total. The fourth-order valence-corrected chi connectivity index (χ4v) is 4.17. The lowest BCUT2D eigenvalue weighted by Gasteiger charge is -2.01. The molecule has 92 valence electrons. The van der Waals surface area contributed by atoms with Crippen LogP contribution in [0.4, 0.5) is 5.95 Å². The van der Waals surface area contributed by atoms with Crippen molar-refractivity contribution < 1.29 is 8.42 Å². The quantitative estimate of drug-likeness (QED) is 0.910. The van der Waals surface area contributed by atoms with E-state index < -0.39 is 10.0 Å². The molecule has 2 N–H and O–H groups in total. The number of rotatable bonds is 3. The number of aromatic nitrogens is 3. The van der Waals surface area contributed by atoms with E-state index in [1.807, 2.05) is 0 Å². The minimum absolute atomic E-state index is 0.0408. The van der Waals surface area contributed by atoms with Crippen molar-refractivity contribution >= 4 is 50.5 Å². The molecular formula is C7H6Cl2N4O2S2. The van der Waals surface area contributed by atoms with Crippen LogP contribution in [0.25, 0.3) is 0 Å². The highest BCUT2D eigenvalue weighted by molar-refractivity contribution is 7.93. The summed E-state index contributed by atoms with van der Waals surface area (Å²) in [4.78, 5) is 3.74. The molecule has 0 unspecified atom stereocenters. The highest BCUT2D eigenvalue weighted by Crippen LogP contribution is 2.34. The van der Waals surface area contributed by atoms with Gasteiger partial charge < -0.3 is 0 Å². The molecule has 0 aliphatic carbocycles. The number of anilines is 1. The third kappa shape index (κ3) is 2.71. The number of nitrogens with zero attached hydrogens (tertiary/aromatic N) is 2. The predicted octanol–water partition coefficient (Wildman–Crippen LogP) is 2.28. The molecule has 17 heavy (non-hydrogen) atoms. The van der Waals surface area contributed by atoms with E-state index in [-0.39, 0.29) is 15.2 Å². The van der Waals surface area contributed by atoms with E-state index >= 15 is 0 Å². The monoisotopic (exact) mass is 312 g/mol. The standard InChI is InChI=1S/C7H6Cl2N4O2S2/c1-3-10-7(12-11-3)13-17(14,15)4-2-5(8)16-6(4)9/h2H,1H3,(H2,10,11,12,13).